The van der Waals surface area contributed by atoms with Gasteiger partial charge in [-0.05, 0) is 48.9 Å². The lowest BCUT2D eigenvalue weighted by Crippen LogP contribution is -2.49. The van der Waals surface area contributed by atoms with E-state index in [0.717, 1.165) is 11.6 Å². The molecule has 35 heavy (non-hydrogen) atoms. The van der Waals surface area contributed by atoms with Crippen molar-refractivity contribution in [1.29, 1.82) is 0 Å². The van der Waals surface area contributed by atoms with E-state index in [0.29, 0.717) is 29.6 Å². The van der Waals surface area contributed by atoms with Crippen LogP contribution in [0.2, 0.25) is 5.02 Å². The summed E-state index contributed by atoms with van der Waals surface area (Å²) < 4.78 is 39.8. The topological polar surface area (TPSA) is 78.4 Å². The first-order chi connectivity index (χ1) is 16.6. The van der Waals surface area contributed by atoms with Crippen molar-refractivity contribution in [1.82, 2.24) is 15.1 Å². The lowest BCUT2D eigenvalue weighted by Gasteiger charge is -2.35. The number of amides is 2. The SMILES string of the molecule is Cc1ccc(NC(=O)c2ccc(N3CCN(C(=O)c4ccccc4C(F)(F)F)CC3)nn2)cc1Cl. The predicted octanol–water partition coefficient (Wildman–Crippen LogP) is 4.67. The zero-order valence-corrected chi connectivity index (χ0v) is 19.4. The quantitative estimate of drug-likeness (QED) is 0.559. The number of benzene rings is 2. The Kier molecular flexibility index (Phi) is 6.93. The Bertz CT molecular complexity index is 1240. The van der Waals surface area contributed by atoms with Crippen molar-refractivity contribution in [2.24, 2.45) is 0 Å². The molecule has 0 atom stereocenters. The van der Waals surface area contributed by atoms with Crippen LogP contribution in [0.3, 0.4) is 0 Å². The standard InChI is InChI=1S/C24H21ClF3N5O2/c1-15-6-7-16(14-19(15)25)29-22(34)20-8-9-21(31-30-20)32-10-12-33(13-11-32)23(35)17-4-2-3-5-18(17)24(26,27)28/h2-9,14H,10-13H2,1H3,(H,29,34). The van der Waals surface area contributed by atoms with Gasteiger partial charge in [0, 0.05) is 36.9 Å². The number of anilines is 2. The Morgan fingerprint density at radius 1 is 0.971 bits per heavy atom. The van der Waals surface area contributed by atoms with Crippen molar-refractivity contribution in [3.8, 4) is 0 Å². The van der Waals surface area contributed by atoms with E-state index < -0.39 is 23.6 Å². The molecule has 3 aromatic rings. The fourth-order valence-electron chi connectivity index (χ4n) is 3.71. The van der Waals surface area contributed by atoms with E-state index in [4.69, 9.17) is 11.6 Å². The summed E-state index contributed by atoms with van der Waals surface area (Å²) in [7, 11) is 0. The van der Waals surface area contributed by atoms with Crippen molar-refractivity contribution in [3.63, 3.8) is 0 Å². The lowest BCUT2D eigenvalue weighted by atomic mass is 10.1. The molecule has 0 unspecified atom stereocenters. The number of carbonyl (C=O) groups is 2. The van der Waals surface area contributed by atoms with E-state index in [2.05, 4.69) is 15.5 Å². The first-order valence-corrected chi connectivity index (χ1v) is 11.1. The van der Waals surface area contributed by atoms with Crippen LogP contribution in [0.15, 0.2) is 54.6 Å². The third-order valence-electron chi connectivity index (χ3n) is 5.67. The number of piperazine rings is 1. The highest BCUT2D eigenvalue weighted by molar-refractivity contribution is 6.31. The van der Waals surface area contributed by atoms with E-state index in [9.17, 15) is 22.8 Å². The number of rotatable bonds is 4. The molecule has 0 bridgehead atoms. The fraction of sp³-hybridized carbons (Fsp3) is 0.250. The van der Waals surface area contributed by atoms with Gasteiger partial charge < -0.3 is 15.1 Å². The third kappa shape index (κ3) is 5.54. The number of hydrogen-bond donors (Lipinski definition) is 1. The van der Waals surface area contributed by atoms with Crippen LogP contribution < -0.4 is 10.2 Å². The molecule has 2 amide bonds. The molecule has 2 heterocycles. The highest BCUT2D eigenvalue weighted by atomic mass is 35.5. The summed E-state index contributed by atoms with van der Waals surface area (Å²) in [6.45, 7) is 3.03. The summed E-state index contributed by atoms with van der Waals surface area (Å²) in [5.74, 6) is -0.600. The van der Waals surface area contributed by atoms with Crippen molar-refractivity contribution in [3.05, 3.63) is 82.0 Å². The maximum Gasteiger partial charge on any atom is 0.417 e. The normalized spacial score (nSPS) is 14.1. The molecule has 0 radical (unpaired) electrons. The second-order valence-corrected chi connectivity index (χ2v) is 8.42. The van der Waals surface area contributed by atoms with Crippen LogP contribution in [0, 0.1) is 6.92 Å². The van der Waals surface area contributed by atoms with Gasteiger partial charge in [0.25, 0.3) is 11.8 Å². The molecular weight excluding hydrogens is 483 g/mol. The monoisotopic (exact) mass is 503 g/mol. The third-order valence-corrected chi connectivity index (χ3v) is 6.07. The summed E-state index contributed by atoms with van der Waals surface area (Å²) in [5, 5.41) is 11.3. The Morgan fingerprint density at radius 2 is 1.69 bits per heavy atom. The Balaban J connectivity index is 1.37. The molecule has 7 nitrogen and oxygen atoms in total. The van der Waals surface area contributed by atoms with Crippen molar-refractivity contribution >= 4 is 34.9 Å². The number of hydrogen-bond acceptors (Lipinski definition) is 5. The smallest absolute Gasteiger partial charge is 0.352 e. The Hall–Kier alpha value is -3.66. The van der Waals surface area contributed by atoms with Crippen molar-refractivity contribution < 1.29 is 22.8 Å². The Morgan fingerprint density at radius 3 is 2.31 bits per heavy atom. The molecule has 1 aliphatic heterocycles. The van der Waals surface area contributed by atoms with Crippen LogP contribution in [0.5, 0.6) is 0 Å². The van der Waals surface area contributed by atoms with Crippen molar-refractivity contribution in [2.45, 2.75) is 13.1 Å². The molecule has 182 valence electrons. The zero-order valence-electron chi connectivity index (χ0n) is 18.6. The maximum atomic E-state index is 13.3. The van der Waals surface area contributed by atoms with E-state index in [1.807, 2.05) is 11.8 Å². The van der Waals surface area contributed by atoms with Gasteiger partial charge in [-0.25, -0.2) is 0 Å². The van der Waals surface area contributed by atoms with Gasteiger partial charge >= 0.3 is 6.18 Å². The minimum Gasteiger partial charge on any atom is -0.352 e. The van der Waals surface area contributed by atoms with Gasteiger partial charge in [-0.1, -0.05) is 29.8 Å². The van der Waals surface area contributed by atoms with Gasteiger partial charge in [-0.15, -0.1) is 10.2 Å². The molecule has 0 spiro atoms. The highest BCUT2D eigenvalue weighted by Gasteiger charge is 2.36. The van der Waals surface area contributed by atoms with Gasteiger partial charge in [0.1, 0.15) is 0 Å². The average molecular weight is 504 g/mol. The second kappa shape index (κ2) is 9.91. The molecule has 1 fully saturated rings. The van der Waals surface area contributed by atoms with Crippen LogP contribution in [-0.4, -0.2) is 53.1 Å². The number of halogens is 4. The van der Waals surface area contributed by atoms with Gasteiger partial charge in [0.05, 0.1) is 11.1 Å². The van der Waals surface area contributed by atoms with Gasteiger partial charge in [-0.2, -0.15) is 13.2 Å². The van der Waals surface area contributed by atoms with E-state index in [1.165, 1.54) is 29.2 Å². The van der Waals surface area contributed by atoms with E-state index >= 15 is 0 Å². The molecule has 1 aliphatic rings. The molecule has 1 aromatic heterocycles. The highest BCUT2D eigenvalue weighted by Crippen LogP contribution is 2.32. The average Bonchev–Trinajstić information content (AvgIpc) is 2.85. The van der Waals surface area contributed by atoms with Gasteiger partial charge in [0.15, 0.2) is 11.5 Å². The first-order valence-electron chi connectivity index (χ1n) is 10.7. The molecule has 2 aromatic carbocycles. The van der Waals surface area contributed by atoms with Crippen LogP contribution in [-0.2, 0) is 6.18 Å². The number of aryl methyl sites for hydroxylation is 1. The van der Waals surface area contributed by atoms with Crippen LogP contribution >= 0.6 is 11.6 Å². The first kappa shape index (κ1) is 24.5. The minimum absolute atomic E-state index is 0.114. The molecule has 1 N–H and O–H groups in total. The maximum absolute atomic E-state index is 13.3. The summed E-state index contributed by atoms with van der Waals surface area (Å²) in [5.41, 5.74) is 0.228. The molecule has 4 rings (SSSR count). The number of alkyl halides is 3. The molecule has 0 saturated carbocycles. The summed E-state index contributed by atoms with van der Waals surface area (Å²) in [4.78, 5) is 28.4. The number of nitrogens with one attached hydrogen (secondary N) is 1. The molecular formula is C24H21ClF3N5O2. The molecule has 0 aliphatic carbocycles. The fourth-order valence-corrected chi connectivity index (χ4v) is 3.89. The van der Waals surface area contributed by atoms with Gasteiger partial charge in [-0.3, -0.25) is 9.59 Å². The summed E-state index contributed by atoms with van der Waals surface area (Å²) >= 11 is 6.08. The summed E-state index contributed by atoms with van der Waals surface area (Å²) in [6, 6.07) is 13.1. The number of aromatic nitrogens is 2. The molecule has 11 heteroatoms. The van der Waals surface area contributed by atoms with E-state index in [-0.39, 0.29) is 24.3 Å². The van der Waals surface area contributed by atoms with Crippen LogP contribution in [0.1, 0.15) is 32.0 Å². The Labute approximate surface area is 204 Å². The number of carbonyl (C=O) groups excluding carboxylic acids is 2. The second-order valence-electron chi connectivity index (χ2n) is 8.02. The van der Waals surface area contributed by atoms with Crippen molar-refractivity contribution in [2.75, 3.05) is 36.4 Å². The molecule has 1 saturated heterocycles. The van der Waals surface area contributed by atoms with Gasteiger partial charge in [0.2, 0.25) is 0 Å². The largest absolute Gasteiger partial charge is 0.417 e. The summed E-state index contributed by atoms with van der Waals surface area (Å²) in [6.07, 6.45) is -4.61. The zero-order chi connectivity index (χ0) is 25.2. The lowest BCUT2D eigenvalue weighted by molar-refractivity contribution is -0.138. The van der Waals surface area contributed by atoms with Crippen LogP contribution in [0.4, 0.5) is 24.7 Å². The predicted molar refractivity (Wildman–Crippen MR) is 126 cm³/mol. The van der Waals surface area contributed by atoms with Crippen LogP contribution in [0.25, 0.3) is 0 Å². The number of nitrogens with zero attached hydrogens (tertiary/aromatic N) is 4. The van der Waals surface area contributed by atoms with E-state index in [1.54, 1.807) is 24.3 Å². The minimum atomic E-state index is -4.61.